The highest BCUT2D eigenvalue weighted by Crippen LogP contribution is 2.21. The van der Waals surface area contributed by atoms with Gasteiger partial charge in [0.1, 0.15) is 0 Å². The number of hydrogen-bond acceptors (Lipinski definition) is 5. The smallest absolute Gasteiger partial charge is 0.340 e. The first-order valence-corrected chi connectivity index (χ1v) is 8.44. The molecule has 0 spiro atoms. The normalized spacial score (nSPS) is 11.7. The van der Waals surface area contributed by atoms with Gasteiger partial charge in [0.15, 0.2) is 6.10 Å². The Morgan fingerprint density at radius 2 is 1.81 bits per heavy atom. The molecule has 6 nitrogen and oxygen atoms in total. The van der Waals surface area contributed by atoms with Crippen molar-refractivity contribution in [3.05, 3.63) is 57.9 Å². The molecule has 0 saturated heterocycles. The lowest BCUT2D eigenvalue weighted by Crippen LogP contribution is -2.25. The fourth-order valence-corrected chi connectivity index (χ4v) is 2.76. The van der Waals surface area contributed by atoms with Gasteiger partial charge >= 0.3 is 11.9 Å². The zero-order valence-corrected chi connectivity index (χ0v) is 15.6. The van der Waals surface area contributed by atoms with E-state index in [4.69, 9.17) is 9.47 Å². The van der Waals surface area contributed by atoms with Crippen LogP contribution in [0.3, 0.4) is 0 Å². The summed E-state index contributed by atoms with van der Waals surface area (Å²) in [5.41, 5.74) is 2.93. The lowest BCUT2D eigenvalue weighted by atomic mass is 10.1. The molecule has 0 aliphatic rings. The molecule has 2 rings (SSSR count). The summed E-state index contributed by atoms with van der Waals surface area (Å²) >= 11 is 0. The van der Waals surface area contributed by atoms with E-state index >= 15 is 0 Å². The van der Waals surface area contributed by atoms with Crippen LogP contribution in [-0.2, 0) is 9.47 Å². The van der Waals surface area contributed by atoms with Crippen molar-refractivity contribution in [2.45, 2.75) is 40.7 Å². The Bertz CT molecular complexity index is 850. The third-order valence-electron chi connectivity index (χ3n) is 4.07. The average molecular weight is 357 g/mol. The van der Waals surface area contributed by atoms with Crippen molar-refractivity contribution >= 4 is 17.7 Å². The highest BCUT2D eigenvalue weighted by molar-refractivity contribution is 6.04. The van der Waals surface area contributed by atoms with E-state index in [0.717, 1.165) is 5.56 Å². The molecule has 1 aromatic heterocycles. The maximum absolute atomic E-state index is 12.7. The number of H-pyrrole nitrogens is 1. The summed E-state index contributed by atoms with van der Waals surface area (Å²) in [6, 6.07) is 6.95. The summed E-state index contributed by atoms with van der Waals surface area (Å²) < 4.78 is 10.3. The summed E-state index contributed by atoms with van der Waals surface area (Å²) in [4.78, 5) is 39.9. The maximum Gasteiger partial charge on any atom is 0.340 e. The van der Waals surface area contributed by atoms with Gasteiger partial charge in [-0.3, -0.25) is 4.79 Å². The number of rotatable bonds is 6. The molecule has 1 N–H and O–H groups in total. The number of benzene rings is 1. The lowest BCUT2D eigenvalue weighted by Gasteiger charge is -2.12. The number of ketones is 1. The third-order valence-corrected chi connectivity index (χ3v) is 4.07. The van der Waals surface area contributed by atoms with Crippen LogP contribution in [0.2, 0.25) is 0 Å². The van der Waals surface area contributed by atoms with Crippen LogP contribution in [0.15, 0.2) is 24.3 Å². The molecule has 1 unspecified atom stereocenters. The summed E-state index contributed by atoms with van der Waals surface area (Å²) in [7, 11) is 0. The van der Waals surface area contributed by atoms with Crippen LogP contribution in [-0.4, -0.2) is 35.4 Å². The molecule has 26 heavy (non-hydrogen) atoms. The first-order valence-electron chi connectivity index (χ1n) is 8.44. The maximum atomic E-state index is 12.7. The highest BCUT2D eigenvalue weighted by atomic mass is 16.5. The number of carbonyl (C=O) groups is 3. The van der Waals surface area contributed by atoms with E-state index in [1.807, 2.05) is 13.0 Å². The van der Waals surface area contributed by atoms with Gasteiger partial charge in [0.25, 0.3) is 0 Å². The summed E-state index contributed by atoms with van der Waals surface area (Å²) in [6.07, 6.45) is -0.991. The number of aromatic amines is 1. The molecule has 1 aromatic carbocycles. The van der Waals surface area contributed by atoms with E-state index in [0.29, 0.717) is 22.4 Å². The molecule has 1 atom stereocenters. The van der Waals surface area contributed by atoms with E-state index in [2.05, 4.69) is 4.98 Å². The van der Waals surface area contributed by atoms with E-state index in [9.17, 15) is 14.4 Å². The topological polar surface area (TPSA) is 85.5 Å². The fraction of sp³-hybridized carbons (Fsp3) is 0.350. The summed E-state index contributed by atoms with van der Waals surface area (Å²) in [6.45, 7) is 8.70. The monoisotopic (exact) mass is 357 g/mol. The molecule has 0 amide bonds. The van der Waals surface area contributed by atoms with Crippen LogP contribution in [0.4, 0.5) is 0 Å². The molecule has 1 heterocycles. The minimum absolute atomic E-state index is 0.245. The lowest BCUT2D eigenvalue weighted by molar-refractivity contribution is 0.0316. The number of nitrogens with one attached hydrogen (secondary N) is 1. The first-order chi connectivity index (χ1) is 12.3. The molecule has 0 aliphatic heterocycles. The van der Waals surface area contributed by atoms with Crippen molar-refractivity contribution in [1.29, 1.82) is 0 Å². The van der Waals surface area contributed by atoms with E-state index < -0.39 is 23.8 Å². The molecule has 0 saturated carbocycles. The van der Waals surface area contributed by atoms with Gasteiger partial charge in [-0.2, -0.15) is 0 Å². The molecule has 0 aliphatic carbocycles. The average Bonchev–Trinajstić information content (AvgIpc) is 2.88. The van der Waals surface area contributed by atoms with Crippen LogP contribution < -0.4 is 0 Å². The molecule has 138 valence electrons. The molecule has 0 fully saturated rings. The fourth-order valence-electron chi connectivity index (χ4n) is 2.76. The number of Topliss-reactive ketones (excluding diaryl/α,β-unsaturated/α-hetero) is 1. The Kier molecular flexibility index (Phi) is 5.97. The predicted molar refractivity (Wildman–Crippen MR) is 96.6 cm³/mol. The van der Waals surface area contributed by atoms with Crippen molar-refractivity contribution in [2.24, 2.45) is 0 Å². The van der Waals surface area contributed by atoms with Gasteiger partial charge in [0, 0.05) is 5.69 Å². The summed E-state index contributed by atoms with van der Waals surface area (Å²) in [5, 5.41) is 0. The van der Waals surface area contributed by atoms with Gasteiger partial charge in [-0.1, -0.05) is 17.7 Å². The van der Waals surface area contributed by atoms with Crippen molar-refractivity contribution in [3.8, 4) is 0 Å². The highest BCUT2D eigenvalue weighted by Gasteiger charge is 2.27. The first kappa shape index (κ1) is 19.4. The standard InChI is InChI=1S/C20H23NO5/c1-6-25-20(24)16-12(3)17(21-13(16)4)18(22)14(5)26-19(23)15-9-7-8-11(2)10-15/h7-10,14,21H,6H2,1-5H3. The van der Waals surface area contributed by atoms with E-state index in [1.54, 1.807) is 39.0 Å². The van der Waals surface area contributed by atoms with Crippen molar-refractivity contribution < 1.29 is 23.9 Å². The molecule has 0 radical (unpaired) electrons. The third kappa shape index (κ3) is 4.02. The van der Waals surface area contributed by atoms with Gasteiger partial charge < -0.3 is 14.5 Å². The minimum atomic E-state index is -0.991. The molecule has 6 heteroatoms. The quantitative estimate of drug-likeness (QED) is 0.631. The zero-order chi connectivity index (χ0) is 19.4. The number of aromatic nitrogens is 1. The van der Waals surface area contributed by atoms with Crippen LogP contribution in [0.5, 0.6) is 0 Å². The van der Waals surface area contributed by atoms with Gasteiger partial charge in [0.05, 0.1) is 23.4 Å². The predicted octanol–water partition coefficient (Wildman–Crippen LogP) is 3.54. The van der Waals surface area contributed by atoms with Crippen molar-refractivity contribution in [3.63, 3.8) is 0 Å². The number of hydrogen-bond donors (Lipinski definition) is 1. The Labute approximate surface area is 152 Å². The van der Waals surface area contributed by atoms with Crippen LogP contribution >= 0.6 is 0 Å². The van der Waals surface area contributed by atoms with Crippen LogP contribution in [0.1, 0.15) is 61.9 Å². The van der Waals surface area contributed by atoms with Crippen molar-refractivity contribution in [1.82, 2.24) is 4.98 Å². The van der Waals surface area contributed by atoms with Gasteiger partial charge in [-0.25, -0.2) is 9.59 Å². The molecular formula is C20H23NO5. The van der Waals surface area contributed by atoms with Gasteiger partial charge in [-0.05, 0) is 52.3 Å². The Hall–Kier alpha value is -2.89. The minimum Gasteiger partial charge on any atom is -0.462 e. The van der Waals surface area contributed by atoms with E-state index in [-0.39, 0.29) is 12.3 Å². The van der Waals surface area contributed by atoms with Crippen molar-refractivity contribution in [2.75, 3.05) is 6.61 Å². The second kappa shape index (κ2) is 7.99. The number of aryl methyl sites for hydroxylation is 2. The second-order valence-electron chi connectivity index (χ2n) is 6.13. The van der Waals surface area contributed by atoms with Crippen LogP contribution in [0.25, 0.3) is 0 Å². The molecule has 0 bridgehead atoms. The van der Waals surface area contributed by atoms with E-state index in [1.165, 1.54) is 6.92 Å². The Morgan fingerprint density at radius 3 is 2.42 bits per heavy atom. The number of ether oxygens (including phenoxy) is 2. The largest absolute Gasteiger partial charge is 0.462 e. The molecular weight excluding hydrogens is 334 g/mol. The van der Waals surface area contributed by atoms with Gasteiger partial charge in [0.2, 0.25) is 5.78 Å². The number of esters is 2. The zero-order valence-electron chi connectivity index (χ0n) is 15.6. The van der Waals surface area contributed by atoms with Crippen LogP contribution in [0, 0.1) is 20.8 Å². The Morgan fingerprint density at radius 1 is 1.12 bits per heavy atom. The Balaban J connectivity index is 2.19. The molecule has 2 aromatic rings. The second-order valence-corrected chi connectivity index (χ2v) is 6.13. The summed E-state index contributed by atoms with van der Waals surface area (Å²) in [5.74, 6) is -1.45. The van der Waals surface area contributed by atoms with Gasteiger partial charge in [-0.15, -0.1) is 0 Å². The number of carbonyl (C=O) groups excluding carboxylic acids is 3. The SMILES string of the molecule is CCOC(=O)c1c(C)[nH]c(C(=O)C(C)OC(=O)c2cccc(C)c2)c1C.